The first-order chi connectivity index (χ1) is 8.62. The lowest BCUT2D eigenvalue weighted by atomic mass is 10.1. The van der Waals surface area contributed by atoms with E-state index in [1.54, 1.807) is 0 Å². The highest BCUT2D eigenvalue weighted by Gasteiger charge is 2.25. The fourth-order valence-corrected chi connectivity index (χ4v) is 3.98. The first-order valence-electron chi connectivity index (χ1n) is 6.36. The van der Waals surface area contributed by atoms with Gasteiger partial charge in [-0.3, -0.25) is 0 Å². The maximum Gasteiger partial charge on any atom is 0.150 e. The molecule has 1 aromatic carbocycles. The van der Waals surface area contributed by atoms with Crippen molar-refractivity contribution in [1.29, 1.82) is 0 Å². The van der Waals surface area contributed by atoms with Gasteiger partial charge in [0, 0.05) is 12.2 Å². The van der Waals surface area contributed by atoms with E-state index in [2.05, 4.69) is 11.4 Å². The Hall–Kier alpha value is -1.23. The molecular formula is C13H17NO3S. The zero-order valence-electron chi connectivity index (χ0n) is 10.2. The van der Waals surface area contributed by atoms with E-state index in [0.29, 0.717) is 12.8 Å². The van der Waals surface area contributed by atoms with Gasteiger partial charge in [0.05, 0.1) is 11.5 Å². The third kappa shape index (κ3) is 2.46. The van der Waals surface area contributed by atoms with Crippen LogP contribution in [0.5, 0.6) is 5.75 Å². The van der Waals surface area contributed by atoms with Crippen LogP contribution in [-0.2, 0) is 16.3 Å². The molecule has 1 aromatic rings. The molecule has 0 amide bonds. The molecular weight excluding hydrogens is 250 g/mol. The lowest BCUT2D eigenvalue weighted by molar-refractivity contribution is 0.189. The lowest BCUT2D eigenvalue weighted by Crippen LogP contribution is -2.30. The predicted molar refractivity (Wildman–Crippen MR) is 70.9 cm³/mol. The number of benzene rings is 1. The Morgan fingerprint density at radius 2 is 2.00 bits per heavy atom. The van der Waals surface area contributed by atoms with E-state index >= 15 is 0 Å². The van der Waals surface area contributed by atoms with E-state index in [0.717, 1.165) is 18.7 Å². The van der Waals surface area contributed by atoms with Crippen molar-refractivity contribution in [2.45, 2.75) is 25.4 Å². The van der Waals surface area contributed by atoms with Crippen LogP contribution in [-0.4, -0.2) is 32.6 Å². The number of fused-ring (bicyclic) bond motifs is 1. The molecule has 18 heavy (non-hydrogen) atoms. The Morgan fingerprint density at radius 3 is 2.78 bits per heavy atom. The van der Waals surface area contributed by atoms with Gasteiger partial charge in [-0.1, -0.05) is 0 Å². The number of hydrogen-bond acceptors (Lipinski definition) is 4. The number of rotatable bonds is 2. The number of nitrogens with one attached hydrogen (secondary N) is 1. The molecule has 0 atom stereocenters. The molecule has 2 heterocycles. The van der Waals surface area contributed by atoms with Crippen molar-refractivity contribution in [2.24, 2.45) is 0 Å². The van der Waals surface area contributed by atoms with Crippen molar-refractivity contribution in [2.75, 3.05) is 23.4 Å². The largest absolute Gasteiger partial charge is 0.490 e. The minimum Gasteiger partial charge on any atom is -0.490 e. The van der Waals surface area contributed by atoms with Crippen LogP contribution in [0.15, 0.2) is 18.2 Å². The van der Waals surface area contributed by atoms with E-state index in [1.165, 1.54) is 11.3 Å². The van der Waals surface area contributed by atoms with E-state index in [9.17, 15) is 8.42 Å². The maximum atomic E-state index is 11.3. The van der Waals surface area contributed by atoms with Crippen LogP contribution in [0.2, 0.25) is 0 Å². The number of ether oxygens (including phenoxy) is 1. The second-order valence-corrected chi connectivity index (χ2v) is 7.27. The molecule has 2 aliphatic heterocycles. The Labute approximate surface area is 107 Å². The van der Waals surface area contributed by atoms with Crippen molar-refractivity contribution in [3.63, 3.8) is 0 Å². The van der Waals surface area contributed by atoms with Crippen LogP contribution in [0.1, 0.15) is 18.4 Å². The van der Waals surface area contributed by atoms with Gasteiger partial charge in [0.25, 0.3) is 0 Å². The minimum absolute atomic E-state index is 0.0425. The zero-order valence-corrected chi connectivity index (χ0v) is 11.0. The number of hydrogen-bond donors (Lipinski definition) is 1. The molecule has 0 unspecified atom stereocenters. The van der Waals surface area contributed by atoms with Gasteiger partial charge in [0.15, 0.2) is 9.84 Å². The molecule has 0 bridgehead atoms. The maximum absolute atomic E-state index is 11.3. The topological polar surface area (TPSA) is 55.4 Å². The van der Waals surface area contributed by atoms with Crippen LogP contribution < -0.4 is 10.1 Å². The van der Waals surface area contributed by atoms with Crippen molar-refractivity contribution < 1.29 is 13.2 Å². The van der Waals surface area contributed by atoms with E-state index in [1.807, 2.05) is 12.1 Å². The quantitative estimate of drug-likeness (QED) is 0.884. The van der Waals surface area contributed by atoms with Crippen molar-refractivity contribution >= 4 is 15.5 Å². The Bertz CT molecular complexity index is 539. The molecule has 1 N–H and O–H groups in total. The van der Waals surface area contributed by atoms with Gasteiger partial charge in [-0.2, -0.15) is 0 Å². The molecule has 0 aromatic heterocycles. The average Bonchev–Trinajstić information content (AvgIpc) is 2.79. The summed E-state index contributed by atoms with van der Waals surface area (Å²) in [6, 6.07) is 6.07. The van der Waals surface area contributed by atoms with Crippen molar-refractivity contribution in [1.82, 2.24) is 0 Å². The monoisotopic (exact) mass is 267 g/mol. The summed E-state index contributed by atoms with van der Waals surface area (Å²) in [6.45, 7) is 0.987. The summed E-state index contributed by atoms with van der Waals surface area (Å²) >= 11 is 0. The molecule has 2 aliphatic rings. The molecule has 0 radical (unpaired) electrons. The van der Waals surface area contributed by atoms with Crippen molar-refractivity contribution in [3.05, 3.63) is 23.8 Å². The van der Waals surface area contributed by atoms with Crippen LogP contribution in [0.4, 0.5) is 5.69 Å². The van der Waals surface area contributed by atoms with Crippen molar-refractivity contribution in [3.8, 4) is 5.75 Å². The third-order valence-electron chi connectivity index (χ3n) is 3.59. The molecule has 0 aliphatic carbocycles. The van der Waals surface area contributed by atoms with E-state index in [4.69, 9.17) is 4.74 Å². The zero-order chi connectivity index (χ0) is 12.6. The number of anilines is 1. The van der Waals surface area contributed by atoms with E-state index in [-0.39, 0.29) is 17.6 Å². The SMILES string of the molecule is O=S1(=O)CCC(Oc2ccc3c(c2)CCN3)CC1. The summed E-state index contributed by atoms with van der Waals surface area (Å²) in [7, 11) is -2.81. The number of sulfone groups is 1. The standard InChI is InChI=1S/C13H17NO3S/c15-18(16)7-4-11(5-8-18)17-12-1-2-13-10(9-12)3-6-14-13/h1-2,9,11,14H,3-8H2. The Kier molecular flexibility index (Phi) is 2.93. The highest BCUT2D eigenvalue weighted by atomic mass is 32.2. The molecule has 1 fully saturated rings. The highest BCUT2D eigenvalue weighted by molar-refractivity contribution is 7.91. The van der Waals surface area contributed by atoms with Gasteiger partial charge in [-0.25, -0.2) is 8.42 Å². The van der Waals surface area contributed by atoms with Gasteiger partial charge in [-0.05, 0) is 43.0 Å². The molecule has 1 saturated heterocycles. The molecule has 4 nitrogen and oxygen atoms in total. The second-order valence-electron chi connectivity index (χ2n) is 4.96. The van der Waals surface area contributed by atoms with Gasteiger partial charge in [0.1, 0.15) is 11.9 Å². The minimum atomic E-state index is -2.81. The molecule has 98 valence electrons. The smallest absolute Gasteiger partial charge is 0.150 e. The van der Waals surface area contributed by atoms with Gasteiger partial charge < -0.3 is 10.1 Å². The average molecular weight is 267 g/mol. The van der Waals surface area contributed by atoms with Crippen LogP contribution in [0.3, 0.4) is 0 Å². The molecule has 0 spiro atoms. The first-order valence-corrected chi connectivity index (χ1v) is 8.18. The van der Waals surface area contributed by atoms with Gasteiger partial charge in [0.2, 0.25) is 0 Å². The normalized spacial score (nSPS) is 22.2. The Balaban J connectivity index is 1.67. The van der Waals surface area contributed by atoms with E-state index < -0.39 is 9.84 Å². The molecule has 5 heteroatoms. The fraction of sp³-hybridized carbons (Fsp3) is 0.538. The molecule has 0 saturated carbocycles. The summed E-state index contributed by atoms with van der Waals surface area (Å²) in [5.41, 5.74) is 2.48. The van der Waals surface area contributed by atoms with Crippen LogP contribution >= 0.6 is 0 Å². The summed E-state index contributed by atoms with van der Waals surface area (Å²) in [5.74, 6) is 1.37. The fourth-order valence-electron chi connectivity index (χ4n) is 2.53. The van der Waals surface area contributed by atoms with Gasteiger partial charge in [-0.15, -0.1) is 0 Å². The molecule has 3 rings (SSSR count). The lowest BCUT2D eigenvalue weighted by Gasteiger charge is -2.23. The van der Waals surface area contributed by atoms with Gasteiger partial charge >= 0.3 is 0 Å². The summed E-state index contributed by atoms with van der Waals surface area (Å²) in [5, 5.41) is 3.31. The third-order valence-corrected chi connectivity index (χ3v) is 5.31. The predicted octanol–water partition coefficient (Wildman–Crippen LogP) is 1.61. The first kappa shape index (κ1) is 11.8. The summed E-state index contributed by atoms with van der Waals surface area (Å²) < 4.78 is 28.6. The van der Waals surface area contributed by atoms with Crippen LogP contribution in [0, 0.1) is 0 Å². The van der Waals surface area contributed by atoms with Crippen LogP contribution in [0.25, 0.3) is 0 Å². The summed E-state index contributed by atoms with van der Waals surface area (Å²) in [6.07, 6.45) is 2.29. The second kappa shape index (κ2) is 4.46. The summed E-state index contributed by atoms with van der Waals surface area (Å²) in [4.78, 5) is 0. The Morgan fingerprint density at radius 1 is 1.22 bits per heavy atom. The highest BCUT2D eigenvalue weighted by Crippen LogP contribution is 2.28.